The summed E-state index contributed by atoms with van der Waals surface area (Å²) in [6.45, 7) is 1.08. The molecule has 0 saturated heterocycles. The normalized spacial score (nSPS) is 12.3. The number of nitrogens with zero attached hydrogens (tertiary/aromatic N) is 1. The van der Waals surface area contributed by atoms with Gasteiger partial charge in [0.25, 0.3) is 0 Å². The van der Waals surface area contributed by atoms with Gasteiger partial charge in [-0.25, -0.2) is 0 Å². The summed E-state index contributed by atoms with van der Waals surface area (Å²) >= 11 is 0. The van der Waals surface area contributed by atoms with Crippen LogP contribution >= 0.6 is 0 Å². The minimum absolute atomic E-state index is 0.473. The molecule has 0 unspecified atom stereocenters. The first kappa shape index (κ1) is 13.6. The van der Waals surface area contributed by atoms with Crippen LogP contribution in [0.4, 0.5) is 0 Å². The molecule has 0 spiro atoms. The van der Waals surface area contributed by atoms with Crippen LogP contribution in [0.15, 0.2) is 24.4 Å². The van der Waals surface area contributed by atoms with Crippen molar-refractivity contribution in [1.29, 1.82) is 0 Å². The summed E-state index contributed by atoms with van der Waals surface area (Å²) in [4.78, 5) is 15.1. The van der Waals surface area contributed by atoms with Gasteiger partial charge in [-0.2, -0.15) is 0 Å². The van der Waals surface area contributed by atoms with Crippen LogP contribution in [0.2, 0.25) is 0 Å². The third kappa shape index (κ3) is 5.42. The van der Waals surface area contributed by atoms with Crippen molar-refractivity contribution in [2.24, 2.45) is 5.73 Å². The van der Waals surface area contributed by atoms with E-state index in [0.717, 1.165) is 18.5 Å². The Morgan fingerprint density at radius 1 is 1.47 bits per heavy atom. The second kappa shape index (κ2) is 7.76. The molecule has 1 aromatic rings. The maximum absolute atomic E-state index is 11.0. The van der Waals surface area contributed by atoms with Crippen LogP contribution in [0.25, 0.3) is 0 Å². The number of nitrogens with one attached hydrogen (secondary N) is 1. The summed E-state index contributed by atoms with van der Waals surface area (Å²) in [5.41, 5.74) is 6.22. The number of hydrogen-bond acceptors (Lipinski definition) is 4. The molecule has 1 aromatic heterocycles. The molecule has 0 saturated carbocycles. The number of rotatable bonds is 8. The average Bonchev–Trinajstić information content (AvgIpc) is 2.34. The highest BCUT2D eigenvalue weighted by Crippen LogP contribution is 2.02. The van der Waals surface area contributed by atoms with E-state index in [2.05, 4.69) is 10.3 Å². The third-order valence-electron chi connectivity index (χ3n) is 2.50. The molecule has 0 amide bonds. The smallest absolute Gasteiger partial charge is 0.320 e. The van der Waals surface area contributed by atoms with E-state index in [9.17, 15) is 4.79 Å². The molecule has 5 nitrogen and oxygen atoms in total. The number of pyridine rings is 1. The quantitative estimate of drug-likeness (QED) is 0.581. The Morgan fingerprint density at radius 2 is 2.29 bits per heavy atom. The van der Waals surface area contributed by atoms with E-state index < -0.39 is 12.0 Å². The molecule has 0 aromatic carbocycles. The van der Waals surface area contributed by atoms with E-state index in [0.29, 0.717) is 19.5 Å². The molecule has 5 heteroatoms. The summed E-state index contributed by atoms with van der Waals surface area (Å²) < 4.78 is 0. The molecule has 0 bridgehead atoms. The molecule has 0 aliphatic heterocycles. The molecule has 1 rings (SSSR count). The molecule has 17 heavy (non-hydrogen) atoms. The van der Waals surface area contributed by atoms with Crippen LogP contribution in [0, 0.1) is 0 Å². The van der Waals surface area contributed by atoms with Gasteiger partial charge in [-0.3, -0.25) is 15.1 Å². The monoisotopic (exact) mass is 237 g/mol. The first-order valence-electron chi connectivity index (χ1n) is 5.80. The van der Waals surface area contributed by atoms with Crippen molar-refractivity contribution in [3.63, 3.8) is 0 Å². The van der Waals surface area contributed by atoms with Gasteiger partial charge >= 0.3 is 5.97 Å². The van der Waals surface area contributed by atoms with E-state index in [1.165, 1.54) is 0 Å². The number of carboxylic acids is 1. The van der Waals surface area contributed by atoms with Gasteiger partial charge in [-0.15, -0.1) is 0 Å². The van der Waals surface area contributed by atoms with Gasteiger partial charge < -0.3 is 10.8 Å². The molecule has 94 valence electrons. The maximum Gasteiger partial charge on any atom is 0.320 e. The lowest BCUT2D eigenvalue weighted by molar-refractivity contribution is -0.139. The first-order valence-corrected chi connectivity index (χ1v) is 5.80. The zero-order chi connectivity index (χ0) is 12.5. The minimum Gasteiger partial charge on any atom is -0.480 e. The molecular formula is C12H19N3O2. The predicted octanol–water partition coefficient (Wildman–Crippen LogP) is 0.753. The van der Waals surface area contributed by atoms with Gasteiger partial charge in [0.05, 0.1) is 5.69 Å². The van der Waals surface area contributed by atoms with Crippen molar-refractivity contribution in [2.45, 2.75) is 31.8 Å². The zero-order valence-electron chi connectivity index (χ0n) is 9.80. The molecule has 0 fully saturated rings. The Morgan fingerprint density at radius 3 is 2.88 bits per heavy atom. The van der Waals surface area contributed by atoms with E-state index in [4.69, 9.17) is 10.8 Å². The highest BCUT2D eigenvalue weighted by molar-refractivity contribution is 5.73. The largest absolute Gasteiger partial charge is 0.480 e. The van der Waals surface area contributed by atoms with Crippen molar-refractivity contribution in [2.75, 3.05) is 6.54 Å². The molecule has 0 aliphatic rings. The SMILES string of the molecule is NCCCC[C@H](NCc1ccccn1)C(=O)O. The zero-order valence-corrected chi connectivity index (χ0v) is 9.80. The molecule has 1 atom stereocenters. The summed E-state index contributed by atoms with van der Waals surface area (Å²) in [6.07, 6.45) is 3.97. The number of nitrogens with two attached hydrogens (primary N) is 1. The summed E-state index contributed by atoms with van der Waals surface area (Å²) in [6, 6.07) is 5.06. The number of carbonyl (C=O) groups is 1. The number of aliphatic carboxylic acids is 1. The van der Waals surface area contributed by atoms with E-state index in [-0.39, 0.29) is 0 Å². The third-order valence-corrected chi connectivity index (χ3v) is 2.50. The van der Waals surface area contributed by atoms with Gasteiger partial charge in [-0.1, -0.05) is 12.5 Å². The lowest BCUT2D eigenvalue weighted by Gasteiger charge is -2.13. The van der Waals surface area contributed by atoms with Gasteiger partial charge in [0.1, 0.15) is 6.04 Å². The fourth-order valence-electron chi connectivity index (χ4n) is 1.54. The fourth-order valence-corrected chi connectivity index (χ4v) is 1.54. The van der Waals surface area contributed by atoms with Gasteiger partial charge in [0.15, 0.2) is 0 Å². The van der Waals surface area contributed by atoms with E-state index in [1.54, 1.807) is 6.20 Å². The van der Waals surface area contributed by atoms with Crippen LogP contribution in [-0.2, 0) is 11.3 Å². The molecule has 4 N–H and O–H groups in total. The second-order valence-corrected chi connectivity index (χ2v) is 3.88. The van der Waals surface area contributed by atoms with Crippen molar-refractivity contribution in [3.8, 4) is 0 Å². The number of unbranched alkanes of at least 4 members (excludes halogenated alkanes) is 1. The molecule has 0 radical (unpaired) electrons. The standard InChI is InChI=1S/C12H19N3O2/c13-7-3-1-6-11(12(16)17)15-9-10-5-2-4-8-14-10/h2,4-5,8,11,15H,1,3,6-7,9,13H2,(H,16,17)/t11-/m0/s1. The summed E-state index contributed by atoms with van der Waals surface area (Å²) in [5.74, 6) is -0.821. The Kier molecular flexibility index (Phi) is 6.21. The highest BCUT2D eigenvalue weighted by atomic mass is 16.4. The van der Waals surface area contributed by atoms with Crippen molar-refractivity contribution >= 4 is 5.97 Å². The molecule has 0 aliphatic carbocycles. The Labute approximate surface area is 101 Å². The second-order valence-electron chi connectivity index (χ2n) is 3.88. The van der Waals surface area contributed by atoms with Crippen LogP contribution in [0.5, 0.6) is 0 Å². The maximum atomic E-state index is 11.0. The lowest BCUT2D eigenvalue weighted by Crippen LogP contribution is -2.36. The topological polar surface area (TPSA) is 88.2 Å². The first-order chi connectivity index (χ1) is 8.24. The van der Waals surface area contributed by atoms with E-state index >= 15 is 0 Å². The minimum atomic E-state index is -0.821. The van der Waals surface area contributed by atoms with Crippen molar-refractivity contribution < 1.29 is 9.90 Å². The summed E-state index contributed by atoms with van der Waals surface area (Å²) in [7, 11) is 0. The van der Waals surface area contributed by atoms with E-state index in [1.807, 2.05) is 18.2 Å². The Balaban J connectivity index is 2.36. The van der Waals surface area contributed by atoms with Gasteiger partial charge in [-0.05, 0) is 31.5 Å². The van der Waals surface area contributed by atoms with Gasteiger partial charge in [0.2, 0.25) is 0 Å². The number of hydrogen-bond donors (Lipinski definition) is 3. The number of aromatic nitrogens is 1. The Hall–Kier alpha value is -1.46. The fraction of sp³-hybridized carbons (Fsp3) is 0.500. The molecular weight excluding hydrogens is 218 g/mol. The predicted molar refractivity (Wildman–Crippen MR) is 65.4 cm³/mol. The van der Waals surface area contributed by atoms with Crippen LogP contribution in [0.1, 0.15) is 25.0 Å². The lowest BCUT2D eigenvalue weighted by atomic mass is 10.1. The van der Waals surface area contributed by atoms with Crippen LogP contribution in [-0.4, -0.2) is 28.6 Å². The van der Waals surface area contributed by atoms with Crippen molar-refractivity contribution in [3.05, 3.63) is 30.1 Å². The average molecular weight is 237 g/mol. The van der Waals surface area contributed by atoms with Crippen LogP contribution in [0.3, 0.4) is 0 Å². The highest BCUT2D eigenvalue weighted by Gasteiger charge is 2.15. The summed E-state index contributed by atoms with van der Waals surface area (Å²) in [5, 5.41) is 12.0. The Bertz CT molecular complexity index is 330. The van der Waals surface area contributed by atoms with Gasteiger partial charge in [0, 0.05) is 12.7 Å². The molecule has 1 heterocycles. The van der Waals surface area contributed by atoms with Crippen molar-refractivity contribution in [1.82, 2.24) is 10.3 Å². The van der Waals surface area contributed by atoms with Crippen LogP contribution < -0.4 is 11.1 Å². The number of carboxylic acid groups (broad SMARTS) is 1.